The zero-order valence-electron chi connectivity index (χ0n) is 26.5. The normalized spacial score (nSPS) is 13.0. The standard InChI is InChI=1S/C36H37Cl2N3O6S/c1-2-3-18-39-36(43)32(22-26-10-6-4-7-11-26)40(24-27-14-16-30(37)31(38)21-27)35(42)25-41(48(44,45)29-12-8-5-9-13-29)28-15-17-33-34(23-28)47-20-19-46-33/h4-17,21,23,32H,2-3,18-20,22,24-25H2,1H3,(H,39,43)/t32-/m1/s1. The molecule has 0 saturated heterocycles. The van der Waals surface area contributed by atoms with Crippen LogP contribution in [0.25, 0.3) is 0 Å². The predicted molar refractivity (Wildman–Crippen MR) is 187 cm³/mol. The first-order chi connectivity index (χ1) is 23.2. The minimum Gasteiger partial charge on any atom is -0.486 e. The number of halogens is 2. The third kappa shape index (κ3) is 8.61. The van der Waals surface area contributed by atoms with Crippen LogP contribution in [0.5, 0.6) is 11.5 Å². The lowest BCUT2D eigenvalue weighted by molar-refractivity contribution is -0.140. The number of ether oxygens (including phenoxy) is 2. The molecule has 48 heavy (non-hydrogen) atoms. The van der Waals surface area contributed by atoms with Crippen LogP contribution in [0.2, 0.25) is 10.0 Å². The van der Waals surface area contributed by atoms with Gasteiger partial charge in [0.2, 0.25) is 11.8 Å². The van der Waals surface area contributed by atoms with Gasteiger partial charge in [-0.25, -0.2) is 8.42 Å². The number of carbonyl (C=O) groups is 2. The highest BCUT2D eigenvalue weighted by Crippen LogP contribution is 2.36. The highest BCUT2D eigenvalue weighted by atomic mass is 35.5. The zero-order valence-corrected chi connectivity index (χ0v) is 28.8. The minimum absolute atomic E-state index is 0.00173. The molecular weight excluding hydrogens is 673 g/mol. The third-order valence-electron chi connectivity index (χ3n) is 7.86. The van der Waals surface area contributed by atoms with Gasteiger partial charge in [-0.05, 0) is 53.9 Å². The SMILES string of the molecule is CCCCNC(=O)[C@@H](Cc1ccccc1)N(Cc1ccc(Cl)c(Cl)c1)C(=O)CN(c1ccc2c(c1)OCCO2)S(=O)(=O)c1ccccc1. The van der Waals surface area contributed by atoms with E-state index in [1.54, 1.807) is 54.6 Å². The zero-order chi connectivity index (χ0) is 34.1. The molecule has 2 amide bonds. The smallest absolute Gasteiger partial charge is 0.264 e. The summed E-state index contributed by atoms with van der Waals surface area (Å²) in [6.07, 6.45) is 1.83. The second-order valence-electron chi connectivity index (χ2n) is 11.3. The summed E-state index contributed by atoms with van der Waals surface area (Å²) in [5.41, 5.74) is 1.66. The molecule has 4 aromatic rings. The summed E-state index contributed by atoms with van der Waals surface area (Å²) in [6, 6.07) is 26.0. The maximum absolute atomic E-state index is 14.6. The largest absolute Gasteiger partial charge is 0.486 e. The first-order valence-electron chi connectivity index (χ1n) is 15.7. The van der Waals surface area contributed by atoms with Gasteiger partial charge in [0.25, 0.3) is 10.0 Å². The van der Waals surface area contributed by atoms with Crippen molar-refractivity contribution in [3.05, 3.63) is 118 Å². The number of nitrogens with one attached hydrogen (secondary N) is 1. The fourth-order valence-electron chi connectivity index (χ4n) is 5.33. The summed E-state index contributed by atoms with van der Waals surface area (Å²) in [6.45, 7) is 2.48. The van der Waals surface area contributed by atoms with Crippen LogP contribution in [0, 0.1) is 0 Å². The van der Waals surface area contributed by atoms with Gasteiger partial charge in [0, 0.05) is 25.6 Å². The topological polar surface area (TPSA) is 105 Å². The first-order valence-corrected chi connectivity index (χ1v) is 17.9. The van der Waals surface area contributed by atoms with Crippen molar-refractivity contribution in [1.82, 2.24) is 10.2 Å². The van der Waals surface area contributed by atoms with E-state index in [1.807, 2.05) is 37.3 Å². The molecule has 1 N–H and O–H groups in total. The number of rotatable bonds is 14. The molecule has 1 atom stereocenters. The lowest BCUT2D eigenvalue weighted by atomic mass is 10.0. The Hall–Kier alpha value is -4.25. The molecule has 1 aliphatic rings. The third-order valence-corrected chi connectivity index (χ3v) is 10.4. The highest BCUT2D eigenvalue weighted by Gasteiger charge is 2.35. The van der Waals surface area contributed by atoms with Gasteiger partial charge in [0.05, 0.1) is 20.6 Å². The van der Waals surface area contributed by atoms with E-state index in [4.69, 9.17) is 32.7 Å². The van der Waals surface area contributed by atoms with Crippen LogP contribution in [0.15, 0.2) is 102 Å². The second kappa shape index (κ2) is 16.2. The lowest BCUT2D eigenvalue weighted by Gasteiger charge is -2.34. The van der Waals surface area contributed by atoms with Gasteiger partial charge in [-0.1, -0.05) is 91.1 Å². The van der Waals surface area contributed by atoms with Crippen LogP contribution in [0.4, 0.5) is 5.69 Å². The molecule has 1 heterocycles. The van der Waals surface area contributed by atoms with Gasteiger partial charge >= 0.3 is 0 Å². The Morgan fingerprint density at radius 2 is 1.52 bits per heavy atom. The molecular formula is C36H37Cl2N3O6S. The molecule has 9 nitrogen and oxygen atoms in total. The molecule has 0 aromatic heterocycles. The van der Waals surface area contributed by atoms with Crippen LogP contribution in [0.1, 0.15) is 30.9 Å². The maximum atomic E-state index is 14.6. The summed E-state index contributed by atoms with van der Waals surface area (Å²) in [7, 11) is -4.27. The van der Waals surface area contributed by atoms with Crippen LogP contribution in [0.3, 0.4) is 0 Å². The van der Waals surface area contributed by atoms with Crippen LogP contribution < -0.4 is 19.1 Å². The fraction of sp³-hybridized carbons (Fsp3) is 0.278. The molecule has 0 fully saturated rings. The highest BCUT2D eigenvalue weighted by molar-refractivity contribution is 7.92. The van der Waals surface area contributed by atoms with Gasteiger partial charge in [-0.2, -0.15) is 0 Å². The summed E-state index contributed by atoms with van der Waals surface area (Å²) >= 11 is 12.6. The number of amides is 2. The number of nitrogens with zero attached hydrogens (tertiary/aromatic N) is 2. The van der Waals surface area contributed by atoms with Gasteiger partial charge in [0.15, 0.2) is 11.5 Å². The number of hydrogen-bond donors (Lipinski definition) is 1. The Morgan fingerprint density at radius 1 is 0.833 bits per heavy atom. The Bertz CT molecular complexity index is 1830. The van der Waals surface area contributed by atoms with E-state index >= 15 is 0 Å². The Morgan fingerprint density at radius 3 is 2.21 bits per heavy atom. The quantitative estimate of drug-likeness (QED) is 0.150. The van der Waals surface area contributed by atoms with Crippen molar-refractivity contribution in [2.75, 3.05) is 30.6 Å². The monoisotopic (exact) mass is 709 g/mol. The van der Waals surface area contributed by atoms with Crippen LogP contribution >= 0.6 is 23.2 Å². The number of anilines is 1. The van der Waals surface area contributed by atoms with Crippen LogP contribution in [-0.2, 0) is 32.6 Å². The van der Waals surface area contributed by atoms with E-state index in [2.05, 4.69) is 5.32 Å². The molecule has 4 aromatic carbocycles. The molecule has 12 heteroatoms. The Kier molecular flexibility index (Phi) is 11.9. The molecule has 0 bridgehead atoms. The van der Waals surface area contributed by atoms with Gasteiger partial charge in [0.1, 0.15) is 25.8 Å². The van der Waals surface area contributed by atoms with Crippen LogP contribution in [-0.4, -0.2) is 57.5 Å². The van der Waals surface area contributed by atoms with Gasteiger partial charge in [-0.15, -0.1) is 0 Å². The van der Waals surface area contributed by atoms with Crippen molar-refractivity contribution in [1.29, 1.82) is 0 Å². The molecule has 0 saturated carbocycles. The second-order valence-corrected chi connectivity index (χ2v) is 13.9. The number of hydrogen-bond acceptors (Lipinski definition) is 6. The van der Waals surface area contributed by atoms with Crippen molar-refractivity contribution >= 4 is 50.7 Å². The van der Waals surface area contributed by atoms with E-state index in [1.165, 1.54) is 17.0 Å². The van der Waals surface area contributed by atoms with Crippen molar-refractivity contribution < 1.29 is 27.5 Å². The van der Waals surface area contributed by atoms with Crippen molar-refractivity contribution in [3.8, 4) is 11.5 Å². The average Bonchev–Trinajstić information content (AvgIpc) is 3.10. The predicted octanol–water partition coefficient (Wildman–Crippen LogP) is 6.52. The number of carbonyl (C=O) groups excluding carboxylic acids is 2. The van der Waals surface area contributed by atoms with Gasteiger partial charge in [-0.3, -0.25) is 13.9 Å². The van der Waals surface area contributed by atoms with E-state index in [9.17, 15) is 18.0 Å². The van der Waals surface area contributed by atoms with E-state index in [0.717, 1.165) is 22.7 Å². The number of benzene rings is 4. The number of sulfonamides is 1. The Balaban J connectivity index is 1.58. The molecule has 0 aliphatic carbocycles. The molecule has 0 radical (unpaired) electrons. The first kappa shape index (κ1) is 35.1. The maximum Gasteiger partial charge on any atom is 0.264 e. The summed E-state index contributed by atoms with van der Waals surface area (Å²) in [5, 5.41) is 3.61. The summed E-state index contributed by atoms with van der Waals surface area (Å²) < 4.78 is 40.9. The van der Waals surface area contributed by atoms with Gasteiger partial charge < -0.3 is 19.7 Å². The van der Waals surface area contributed by atoms with Crippen molar-refractivity contribution in [2.24, 2.45) is 0 Å². The molecule has 252 valence electrons. The molecule has 0 spiro atoms. The molecule has 5 rings (SSSR count). The average molecular weight is 711 g/mol. The van der Waals surface area contributed by atoms with E-state index in [-0.39, 0.29) is 34.5 Å². The summed E-state index contributed by atoms with van der Waals surface area (Å²) in [4.78, 5) is 30.0. The lowest BCUT2D eigenvalue weighted by Crippen LogP contribution is -2.53. The van der Waals surface area contributed by atoms with E-state index < -0.39 is 28.5 Å². The fourth-order valence-corrected chi connectivity index (χ4v) is 7.08. The van der Waals surface area contributed by atoms with Crippen molar-refractivity contribution in [2.45, 2.75) is 43.7 Å². The summed E-state index contributed by atoms with van der Waals surface area (Å²) in [5.74, 6) is -0.106. The molecule has 1 aliphatic heterocycles. The minimum atomic E-state index is -4.27. The van der Waals surface area contributed by atoms with E-state index in [0.29, 0.717) is 41.8 Å². The number of fused-ring (bicyclic) bond motifs is 1. The Labute approximate surface area is 291 Å². The molecule has 0 unspecified atom stereocenters. The number of unbranched alkanes of at least 4 members (excludes halogenated alkanes) is 1. The van der Waals surface area contributed by atoms with Crippen molar-refractivity contribution in [3.63, 3.8) is 0 Å².